The number of amides is 1. The van der Waals surface area contributed by atoms with Crippen molar-refractivity contribution in [3.8, 4) is 18.1 Å². The van der Waals surface area contributed by atoms with Gasteiger partial charge in [-0.2, -0.15) is 0 Å². The van der Waals surface area contributed by atoms with E-state index in [0.29, 0.717) is 16.3 Å². The summed E-state index contributed by atoms with van der Waals surface area (Å²) in [6.07, 6.45) is 4.82. The molecule has 124 valence electrons. The molecule has 2 aromatic rings. The number of carbonyl (C=O) groups is 1. The van der Waals surface area contributed by atoms with Crippen LogP contribution in [0.25, 0.3) is 0 Å². The van der Waals surface area contributed by atoms with Gasteiger partial charge < -0.3 is 9.47 Å². The molecule has 0 atom stereocenters. The summed E-state index contributed by atoms with van der Waals surface area (Å²) in [5.74, 6) is 3.21. The molecule has 4 nitrogen and oxygen atoms in total. The van der Waals surface area contributed by atoms with Gasteiger partial charge in [-0.15, -0.1) is 6.42 Å². The summed E-state index contributed by atoms with van der Waals surface area (Å²) in [7, 11) is 1.31. The standard InChI is InChI=1S/C19H18ClNO3/c1-4-12-21(19(22)23-3)17-10-7-9-16(20)15(17)13-24-18-11-6-5-8-14(18)2/h1,5-11H,12-13H2,2-3H3. The second-order valence-corrected chi connectivity index (χ2v) is 5.46. The summed E-state index contributed by atoms with van der Waals surface area (Å²) in [4.78, 5) is 13.4. The maximum Gasteiger partial charge on any atom is 0.414 e. The molecule has 0 saturated carbocycles. The highest BCUT2D eigenvalue weighted by atomic mass is 35.5. The Morgan fingerprint density at radius 1 is 1.25 bits per heavy atom. The molecule has 0 aliphatic rings. The number of nitrogens with zero attached hydrogens (tertiary/aromatic N) is 1. The Morgan fingerprint density at radius 2 is 2.00 bits per heavy atom. The number of carbonyl (C=O) groups excluding carboxylic acids is 1. The van der Waals surface area contributed by atoms with E-state index in [2.05, 4.69) is 5.92 Å². The summed E-state index contributed by atoms with van der Waals surface area (Å²) in [5, 5.41) is 0.493. The van der Waals surface area contributed by atoms with Gasteiger partial charge >= 0.3 is 6.09 Å². The van der Waals surface area contributed by atoms with Gasteiger partial charge in [-0.1, -0.05) is 41.8 Å². The summed E-state index contributed by atoms with van der Waals surface area (Å²) in [6.45, 7) is 2.24. The summed E-state index contributed by atoms with van der Waals surface area (Å²) >= 11 is 6.32. The van der Waals surface area contributed by atoms with Crippen LogP contribution in [0.1, 0.15) is 11.1 Å². The lowest BCUT2D eigenvalue weighted by Crippen LogP contribution is -2.32. The van der Waals surface area contributed by atoms with Gasteiger partial charge in [0, 0.05) is 10.6 Å². The normalized spacial score (nSPS) is 9.92. The van der Waals surface area contributed by atoms with Gasteiger partial charge in [-0.25, -0.2) is 4.79 Å². The van der Waals surface area contributed by atoms with Crippen LogP contribution in [0.5, 0.6) is 5.75 Å². The van der Waals surface area contributed by atoms with Crippen LogP contribution >= 0.6 is 11.6 Å². The van der Waals surface area contributed by atoms with Gasteiger partial charge in [0.25, 0.3) is 0 Å². The molecule has 0 fully saturated rings. The number of benzene rings is 2. The molecule has 0 aliphatic carbocycles. The van der Waals surface area contributed by atoms with Gasteiger partial charge in [-0.05, 0) is 30.7 Å². The lowest BCUT2D eigenvalue weighted by atomic mass is 10.1. The Kier molecular flexibility index (Phi) is 6.11. The van der Waals surface area contributed by atoms with E-state index < -0.39 is 6.09 Å². The van der Waals surface area contributed by atoms with E-state index in [-0.39, 0.29) is 13.2 Å². The first-order valence-corrected chi connectivity index (χ1v) is 7.71. The quantitative estimate of drug-likeness (QED) is 0.754. The SMILES string of the molecule is C#CCN(C(=O)OC)c1cccc(Cl)c1COc1ccccc1C. The first kappa shape index (κ1) is 17.7. The van der Waals surface area contributed by atoms with Gasteiger partial charge in [0.1, 0.15) is 12.4 Å². The molecule has 0 N–H and O–H groups in total. The molecule has 0 heterocycles. The minimum Gasteiger partial charge on any atom is -0.488 e. The first-order chi connectivity index (χ1) is 11.6. The number of aryl methyl sites for hydroxylation is 1. The lowest BCUT2D eigenvalue weighted by Gasteiger charge is -2.23. The average Bonchev–Trinajstić information content (AvgIpc) is 2.59. The molecule has 2 aromatic carbocycles. The van der Waals surface area contributed by atoms with Crippen molar-refractivity contribution < 1.29 is 14.3 Å². The lowest BCUT2D eigenvalue weighted by molar-refractivity contribution is 0.179. The predicted octanol–water partition coefficient (Wildman–Crippen LogP) is 4.43. The molecule has 2 rings (SSSR count). The highest BCUT2D eigenvalue weighted by molar-refractivity contribution is 6.31. The van der Waals surface area contributed by atoms with E-state index in [9.17, 15) is 4.79 Å². The van der Waals surface area contributed by atoms with E-state index in [1.165, 1.54) is 12.0 Å². The molecule has 1 amide bonds. The predicted molar refractivity (Wildman–Crippen MR) is 95.5 cm³/mol. The molecule has 0 spiro atoms. The third kappa shape index (κ3) is 4.01. The van der Waals surface area contributed by atoms with E-state index in [1.54, 1.807) is 18.2 Å². The van der Waals surface area contributed by atoms with Gasteiger partial charge in [0.2, 0.25) is 0 Å². The van der Waals surface area contributed by atoms with E-state index >= 15 is 0 Å². The Labute approximate surface area is 146 Å². The zero-order chi connectivity index (χ0) is 17.5. The number of para-hydroxylation sites is 1. The Bertz CT molecular complexity index is 767. The molecule has 0 unspecified atom stereocenters. The number of methoxy groups -OCH3 is 1. The topological polar surface area (TPSA) is 38.8 Å². The van der Waals surface area contributed by atoms with Crippen LogP contribution in [-0.2, 0) is 11.3 Å². The Morgan fingerprint density at radius 3 is 2.67 bits per heavy atom. The van der Waals surface area contributed by atoms with E-state index in [4.69, 9.17) is 27.5 Å². The molecule has 0 saturated heterocycles. The van der Waals surface area contributed by atoms with Crippen molar-refractivity contribution in [3.05, 3.63) is 58.6 Å². The molecule has 0 aliphatic heterocycles. The fourth-order valence-electron chi connectivity index (χ4n) is 2.26. The molecule has 5 heteroatoms. The zero-order valence-electron chi connectivity index (χ0n) is 13.6. The van der Waals surface area contributed by atoms with Crippen LogP contribution in [-0.4, -0.2) is 19.7 Å². The van der Waals surface area contributed by atoms with Crippen molar-refractivity contribution in [3.63, 3.8) is 0 Å². The number of halogens is 1. The largest absolute Gasteiger partial charge is 0.488 e. The van der Waals surface area contributed by atoms with E-state index in [1.807, 2.05) is 31.2 Å². The fraction of sp³-hybridized carbons (Fsp3) is 0.211. The van der Waals surface area contributed by atoms with Crippen molar-refractivity contribution in [2.45, 2.75) is 13.5 Å². The number of terminal acetylenes is 1. The highest BCUT2D eigenvalue weighted by Crippen LogP contribution is 2.30. The van der Waals surface area contributed by atoms with Crippen LogP contribution in [0, 0.1) is 19.3 Å². The number of anilines is 1. The van der Waals surface area contributed by atoms with Crippen LogP contribution in [0.3, 0.4) is 0 Å². The van der Waals surface area contributed by atoms with Crippen molar-refractivity contribution in [1.82, 2.24) is 0 Å². The van der Waals surface area contributed by atoms with Crippen LogP contribution in [0.2, 0.25) is 5.02 Å². The number of hydrogen-bond acceptors (Lipinski definition) is 3. The smallest absolute Gasteiger partial charge is 0.414 e. The summed E-state index contributed by atoms with van der Waals surface area (Å²) in [5.41, 5.74) is 2.25. The molecule has 0 radical (unpaired) electrons. The number of ether oxygens (including phenoxy) is 2. The maximum atomic E-state index is 12.0. The molecular weight excluding hydrogens is 326 g/mol. The van der Waals surface area contributed by atoms with Crippen molar-refractivity contribution in [2.24, 2.45) is 0 Å². The first-order valence-electron chi connectivity index (χ1n) is 7.33. The third-order valence-electron chi connectivity index (χ3n) is 3.49. The average molecular weight is 344 g/mol. The molecular formula is C19H18ClNO3. The van der Waals surface area contributed by atoms with Crippen LogP contribution in [0.15, 0.2) is 42.5 Å². The maximum absolute atomic E-state index is 12.0. The second kappa shape index (κ2) is 8.28. The van der Waals surface area contributed by atoms with E-state index in [0.717, 1.165) is 11.3 Å². The zero-order valence-corrected chi connectivity index (χ0v) is 14.3. The van der Waals surface area contributed by atoms with Crippen molar-refractivity contribution in [1.29, 1.82) is 0 Å². The number of rotatable bonds is 5. The Balaban J connectivity index is 2.34. The minimum absolute atomic E-state index is 0.0738. The van der Waals surface area contributed by atoms with Crippen molar-refractivity contribution in [2.75, 3.05) is 18.6 Å². The third-order valence-corrected chi connectivity index (χ3v) is 3.85. The second-order valence-electron chi connectivity index (χ2n) is 5.05. The van der Waals surface area contributed by atoms with Crippen LogP contribution in [0.4, 0.5) is 10.5 Å². The van der Waals surface area contributed by atoms with Gasteiger partial charge in [0.05, 0.1) is 19.3 Å². The summed E-state index contributed by atoms with van der Waals surface area (Å²) < 4.78 is 10.7. The van der Waals surface area contributed by atoms with Crippen molar-refractivity contribution >= 4 is 23.4 Å². The fourth-order valence-corrected chi connectivity index (χ4v) is 2.48. The molecule has 24 heavy (non-hydrogen) atoms. The van der Waals surface area contributed by atoms with Crippen LogP contribution < -0.4 is 9.64 Å². The highest BCUT2D eigenvalue weighted by Gasteiger charge is 2.20. The monoisotopic (exact) mass is 343 g/mol. The van der Waals surface area contributed by atoms with Gasteiger partial charge in [0.15, 0.2) is 0 Å². The summed E-state index contributed by atoms with van der Waals surface area (Å²) in [6, 6.07) is 12.9. The molecule has 0 aromatic heterocycles. The minimum atomic E-state index is -0.549. The number of hydrogen-bond donors (Lipinski definition) is 0. The van der Waals surface area contributed by atoms with Gasteiger partial charge in [-0.3, -0.25) is 4.90 Å². The Hall–Kier alpha value is -2.64. The molecule has 0 bridgehead atoms.